The second-order valence-corrected chi connectivity index (χ2v) is 11.8. The first-order valence-electron chi connectivity index (χ1n) is 12.4. The zero-order valence-corrected chi connectivity index (χ0v) is 24.6. The molecule has 3 aromatic rings. The molecular formula is C29H28ClFO7S2. The molecule has 0 amide bonds. The van der Waals surface area contributed by atoms with Gasteiger partial charge in [-0.2, -0.15) is 11.8 Å². The number of ether oxygens (including phenoxy) is 4. The number of esters is 3. The molecule has 11 heteroatoms. The van der Waals surface area contributed by atoms with Gasteiger partial charge in [-0.15, -0.1) is 11.3 Å². The molecule has 1 aliphatic rings. The number of carbonyl (C=O) groups excluding carboxylic acids is 3. The molecule has 40 heavy (non-hydrogen) atoms. The lowest BCUT2D eigenvalue weighted by atomic mass is 9.94. The molecular weight excluding hydrogens is 579 g/mol. The second kappa shape index (κ2) is 13.2. The average Bonchev–Trinajstić information content (AvgIpc) is 3.35. The third kappa shape index (κ3) is 7.23. The fourth-order valence-corrected chi connectivity index (χ4v) is 6.74. The maximum absolute atomic E-state index is 13.3. The van der Waals surface area contributed by atoms with Crippen molar-refractivity contribution in [1.82, 2.24) is 0 Å². The molecule has 0 bridgehead atoms. The molecule has 2 heterocycles. The summed E-state index contributed by atoms with van der Waals surface area (Å²) < 4.78 is 36.0. The van der Waals surface area contributed by atoms with Gasteiger partial charge in [-0.3, -0.25) is 14.4 Å². The van der Waals surface area contributed by atoms with E-state index in [2.05, 4.69) is 0 Å². The minimum Gasteiger partial charge on any atom is -0.457 e. The summed E-state index contributed by atoms with van der Waals surface area (Å²) in [6, 6.07) is 15.8. The Morgan fingerprint density at radius 3 is 2.20 bits per heavy atom. The van der Waals surface area contributed by atoms with Gasteiger partial charge in [-0.25, -0.2) is 4.39 Å². The van der Waals surface area contributed by atoms with Crippen LogP contribution in [-0.4, -0.2) is 47.9 Å². The van der Waals surface area contributed by atoms with Crippen LogP contribution in [0.3, 0.4) is 0 Å². The van der Waals surface area contributed by atoms with Crippen molar-refractivity contribution in [3.05, 3.63) is 81.4 Å². The van der Waals surface area contributed by atoms with E-state index >= 15 is 0 Å². The van der Waals surface area contributed by atoms with Gasteiger partial charge < -0.3 is 18.9 Å². The highest BCUT2D eigenvalue weighted by Crippen LogP contribution is 2.42. The first-order chi connectivity index (χ1) is 19.0. The summed E-state index contributed by atoms with van der Waals surface area (Å²) in [7, 11) is 0. The van der Waals surface area contributed by atoms with Crippen molar-refractivity contribution in [3.8, 4) is 10.4 Å². The van der Waals surface area contributed by atoms with Crippen LogP contribution >= 0.6 is 34.7 Å². The largest absolute Gasteiger partial charge is 0.457 e. The zero-order valence-electron chi connectivity index (χ0n) is 22.2. The summed E-state index contributed by atoms with van der Waals surface area (Å²) in [5.74, 6) is -2.14. The summed E-state index contributed by atoms with van der Waals surface area (Å²) in [4.78, 5) is 37.9. The molecule has 0 saturated carbocycles. The van der Waals surface area contributed by atoms with Crippen LogP contribution in [0.25, 0.3) is 10.4 Å². The van der Waals surface area contributed by atoms with Gasteiger partial charge in [0.2, 0.25) is 12.4 Å². The molecule has 7 nitrogen and oxygen atoms in total. The Morgan fingerprint density at radius 1 is 0.925 bits per heavy atom. The van der Waals surface area contributed by atoms with E-state index in [0.717, 1.165) is 26.4 Å². The standard InChI is InChI=1S/C29H28ClFO7S2/c1-15(32)35-26-27(36-16(2)33)29(37-17(3)34)38-25(28(26)39-4)19-7-11-23(30)20(13-19)14-22-10-12-24(40-22)18-5-8-21(31)9-6-18/h5-13,25-29H,14H2,1-4H3. The molecule has 212 valence electrons. The van der Waals surface area contributed by atoms with Crippen molar-refractivity contribution in [2.75, 3.05) is 6.26 Å². The van der Waals surface area contributed by atoms with Crippen molar-refractivity contribution in [2.45, 2.75) is 57.0 Å². The normalized spacial score (nSPS) is 22.4. The molecule has 5 unspecified atom stereocenters. The highest BCUT2D eigenvalue weighted by Gasteiger charge is 2.51. The third-order valence-corrected chi connectivity index (χ3v) is 8.77. The Morgan fingerprint density at radius 2 is 1.57 bits per heavy atom. The number of halogens is 2. The summed E-state index contributed by atoms with van der Waals surface area (Å²) in [5, 5.41) is 0.0590. The minimum atomic E-state index is -1.30. The van der Waals surface area contributed by atoms with Crippen LogP contribution < -0.4 is 0 Å². The van der Waals surface area contributed by atoms with Crippen LogP contribution in [0.4, 0.5) is 4.39 Å². The summed E-state index contributed by atoms with van der Waals surface area (Å²) in [6.45, 7) is 3.69. The van der Waals surface area contributed by atoms with E-state index in [1.807, 2.05) is 24.5 Å². The molecule has 4 rings (SSSR count). The monoisotopic (exact) mass is 606 g/mol. The number of hydrogen-bond donors (Lipinski definition) is 0. The number of rotatable bonds is 8. The first kappa shape index (κ1) is 30.0. The van der Waals surface area contributed by atoms with Gasteiger partial charge in [-0.1, -0.05) is 35.9 Å². The average molecular weight is 607 g/mol. The van der Waals surface area contributed by atoms with Crippen molar-refractivity contribution in [1.29, 1.82) is 0 Å². The van der Waals surface area contributed by atoms with Crippen molar-refractivity contribution < 1.29 is 37.7 Å². The highest BCUT2D eigenvalue weighted by molar-refractivity contribution is 7.99. The third-order valence-electron chi connectivity index (χ3n) is 6.21. The summed E-state index contributed by atoms with van der Waals surface area (Å²) in [5.41, 5.74) is 2.49. The smallest absolute Gasteiger partial charge is 0.305 e. The molecule has 1 saturated heterocycles. The predicted molar refractivity (Wildman–Crippen MR) is 152 cm³/mol. The van der Waals surface area contributed by atoms with Crippen LogP contribution in [0, 0.1) is 5.82 Å². The molecule has 0 aliphatic carbocycles. The first-order valence-corrected chi connectivity index (χ1v) is 14.9. The highest BCUT2D eigenvalue weighted by atomic mass is 35.5. The Balaban J connectivity index is 1.66. The Labute approximate surface area is 244 Å². The Bertz CT molecular complexity index is 1380. The lowest BCUT2D eigenvalue weighted by molar-refractivity contribution is -0.266. The lowest BCUT2D eigenvalue weighted by Crippen LogP contribution is -2.57. The lowest BCUT2D eigenvalue weighted by Gasteiger charge is -2.44. The second-order valence-electron chi connectivity index (χ2n) is 9.18. The predicted octanol–water partition coefficient (Wildman–Crippen LogP) is 6.35. The van der Waals surface area contributed by atoms with Gasteiger partial charge in [0.1, 0.15) is 11.9 Å². The maximum atomic E-state index is 13.3. The number of thiophene rings is 1. The summed E-state index contributed by atoms with van der Waals surface area (Å²) >= 11 is 9.55. The number of benzene rings is 2. The van der Waals surface area contributed by atoms with Crippen LogP contribution in [0.5, 0.6) is 0 Å². The van der Waals surface area contributed by atoms with E-state index in [1.165, 1.54) is 44.7 Å². The van der Waals surface area contributed by atoms with Crippen LogP contribution in [0.15, 0.2) is 54.6 Å². The van der Waals surface area contributed by atoms with Crippen LogP contribution in [0.2, 0.25) is 5.02 Å². The van der Waals surface area contributed by atoms with Crippen molar-refractivity contribution >= 4 is 52.6 Å². The van der Waals surface area contributed by atoms with Gasteiger partial charge in [0.05, 0.1) is 5.25 Å². The van der Waals surface area contributed by atoms with Gasteiger partial charge in [0, 0.05) is 42.0 Å². The molecule has 1 aromatic heterocycles. The van der Waals surface area contributed by atoms with E-state index in [0.29, 0.717) is 11.4 Å². The number of hydrogen-bond acceptors (Lipinski definition) is 9. The van der Waals surface area contributed by atoms with E-state index in [9.17, 15) is 18.8 Å². The minimum absolute atomic E-state index is 0.288. The van der Waals surface area contributed by atoms with Crippen molar-refractivity contribution in [3.63, 3.8) is 0 Å². The molecule has 5 atom stereocenters. The quantitative estimate of drug-likeness (QED) is 0.216. The fraction of sp³-hybridized carbons (Fsp3) is 0.345. The van der Waals surface area contributed by atoms with E-state index < -0.39 is 47.8 Å². The van der Waals surface area contributed by atoms with E-state index in [1.54, 1.807) is 35.6 Å². The molecule has 0 spiro atoms. The number of thioether (sulfide) groups is 1. The summed E-state index contributed by atoms with van der Waals surface area (Å²) in [6.07, 6.45) is -1.73. The molecule has 2 aromatic carbocycles. The maximum Gasteiger partial charge on any atom is 0.305 e. The van der Waals surface area contributed by atoms with Gasteiger partial charge >= 0.3 is 17.9 Å². The van der Waals surface area contributed by atoms with Gasteiger partial charge in [-0.05, 0) is 53.3 Å². The van der Waals surface area contributed by atoms with Gasteiger partial charge in [0.25, 0.3) is 0 Å². The van der Waals surface area contributed by atoms with E-state index in [4.69, 9.17) is 30.5 Å². The van der Waals surface area contributed by atoms with Crippen molar-refractivity contribution in [2.24, 2.45) is 0 Å². The van der Waals surface area contributed by atoms with Crippen LogP contribution in [0.1, 0.15) is 42.9 Å². The number of carbonyl (C=O) groups is 3. The Hall–Kier alpha value is -2.92. The van der Waals surface area contributed by atoms with Gasteiger partial charge in [0.15, 0.2) is 6.10 Å². The molecule has 1 fully saturated rings. The Kier molecular flexibility index (Phi) is 9.89. The molecule has 0 N–H and O–H groups in total. The molecule has 0 radical (unpaired) electrons. The zero-order chi connectivity index (χ0) is 29.0. The molecule has 1 aliphatic heterocycles. The fourth-order valence-electron chi connectivity index (χ4n) is 4.57. The van der Waals surface area contributed by atoms with Crippen LogP contribution in [-0.2, 0) is 39.8 Å². The topological polar surface area (TPSA) is 88.1 Å². The SMILES string of the molecule is CSC1C(c2ccc(Cl)c(Cc3ccc(-c4ccc(F)cc4)s3)c2)OC(OC(C)=O)C(OC(C)=O)C1OC(C)=O. The van der Waals surface area contributed by atoms with E-state index in [-0.39, 0.29) is 5.82 Å².